The van der Waals surface area contributed by atoms with E-state index in [2.05, 4.69) is 0 Å². The minimum atomic E-state index is 0.0378. The second kappa shape index (κ2) is 3.43. The first-order valence-corrected chi connectivity index (χ1v) is 5.57. The van der Waals surface area contributed by atoms with E-state index in [1.807, 2.05) is 36.4 Å². The number of fused-ring (bicyclic) bond motifs is 2. The molecule has 0 amide bonds. The molecular weight excluding hydrogens is 224 g/mol. The van der Waals surface area contributed by atoms with Gasteiger partial charge in [0.15, 0.2) is 0 Å². The lowest BCUT2D eigenvalue weighted by Crippen LogP contribution is -2.17. The van der Waals surface area contributed by atoms with Crippen LogP contribution in [0.25, 0.3) is 0 Å². The first-order valence-electron chi connectivity index (χ1n) is 5.57. The van der Waals surface area contributed by atoms with Gasteiger partial charge in [-0.25, -0.2) is 0 Å². The third-order valence-corrected chi connectivity index (χ3v) is 3.25. The van der Waals surface area contributed by atoms with Crippen molar-refractivity contribution in [3.8, 4) is 0 Å². The lowest BCUT2D eigenvalue weighted by molar-refractivity contribution is 1.24. The van der Waals surface area contributed by atoms with Crippen LogP contribution in [0.5, 0.6) is 0 Å². The third-order valence-electron chi connectivity index (χ3n) is 3.25. The second-order valence-electron chi connectivity index (χ2n) is 4.28. The van der Waals surface area contributed by atoms with Gasteiger partial charge in [0.2, 0.25) is 0 Å². The predicted molar refractivity (Wildman–Crippen MR) is 70.3 cm³/mol. The van der Waals surface area contributed by atoms with Crippen LogP contribution in [0, 0.1) is 31.7 Å². The summed E-state index contributed by atoms with van der Waals surface area (Å²) < 4.78 is 0. The Kier molecular flexibility index (Phi) is 2.01. The van der Waals surface area contributed by atoms with E-state index in [0.717, 1.165) is 20.9 Å². The number of rotatable bonds is 2. The van der Waals surface area contributed by atoms with Crippen LogP contribution in [-0.4, -0.2) is 11.7 Å². The normalized spacial score (nSPS) is 11.1. The molecule has 4 heteroatoms. The van der Waals surface area contributed by atoms with E-state index >= 15 is 0 Å². The zero-order valence-corrected chi connectivity index (χ0v) is 9.62. The molecule has 2 aromatic carbocycles. The van der Waals surface area contributed by atoms with E-state index < -0.39 is 0 Å². The van der Waals surface area contributed by atoms with Crippen molar-refractivity contribution in [1.29, 1.82) is 10.8 Å². The summed E-state index contributed by atoms with van der Waals surface area (Å²) in [5.41, 5.74) is 12.6. The highest BCUT2D eigenvalue weighted by atomic mass is 14.7. The molecule has 0 spiro atoms. The monoisotopic (exact) mass is 236 g/mol. The number of amidine groups is 2. The van der Waals surface area contributed by atoms with Gasteiger partial charge in [-0.15, -0.1) is 0 Å². The summed E-state index contributed by atoms with van der Waals surface area (Å²) in [5, 5.41) is 19.2. The van der Waals surface area contributed by atoms with E-state index in [0.29, 0.717) is 11.1 Å². The molecule has 0 fully saturated rings. The lowest BCUT2D eigenvalue weighted by Gasteiger charge is -2.12. The van der Waals surface area contributed by atoms with Gasteiger partial charge in [-0.3, -0.25) is 10.8 Å². The van der Waals surface area contributed by atoms with Crippen LogP contribution in [0.2, 0.25) is 0 Å². The molecule has 0 aromatic heterocycles. The zero-order chi connectivity index (χ0) is 12.9. The minimum Gasteiger partial charge on any atom is -0.384 e. The van der Waals surface area contributed by atoms with Gasteiger partial charge in [0.25, 0.3) is 0 Å². The largest absolute Gasteiger partial charge is 0.384 e. The van der Waals surface area contributed by atoms with E-state index in [1.165, 1.54) is 0 Å². The Morgan fingerprint density at radius 2 is 1.11 bits per heavy atom. The maximum Gasteiger partial charge on any atom is 0.123 e. The average molecular weight is 236 g/mol. The molecule has 18 heavy (non-hydrogen) atoms. The highest BCUT2D eigenvalue weighted by Gasteiger charge is 2.12. The Hall–Kier alpha value is -2.62. The van der Waals surface area contributed by atoms with Crippen molar-refractivity contribution in [3.63, 3.8) is 0 Å². The Balaban J connectivity index is 2.60. The highest BCUT2D eigenvalue weighted by Crippen LogP contribution is 2.19. The van der Waals surface area contributed by atoms with Crippen LogP contribution in [0.4, 0.5) is 0 Å². The fraction of sp³-hybridized carbons (Fsp3) is 0. The van der Waals surface area contributed by atoms with Gasteiger partial charge >= 0.3 is 0 Å². The fourth-order valence-electron chi connectivity index (χ4n) is 2.48. The van der Waals surface area contributed by atoms with Crippen LogP contribution in [-0.2, 0) is 0 Å². The van der Waals surface area contributed by atoms with Gasteiger partial charge in [0, 0.05) is 21.6 Å². The molecule has 0 heterocycles. The third kappa shape index (κ3) is 1.20. The van der Waals surface area contributed by atoms with Crippen molar-refractivity contribution >= 4 is 11.7 Å². The van der Waals surface area contributed by atoms with Gasteiger partial charge in [-0.05, 0) is 10.4 Å². The Morgan fingerprint density at radius 3 is 1.44 bits per heavy atom. The van der Waals surface area contributed by atoms with Crippen LogP contribution < -0.4 is 11.5 Å². The van der Waals surface area contributed by atoms with E-state index in [4.69, 9.17) is 22.3 Å². The summed E-state index contributed by atoms with van der Waals surface area (Å²) in [4.78, 5) is 0. The first kappa shape index (κ1) is 10.5. The molecule has 0 radical (unpaired) electrons. The number of nitrogens with one attached hydrogen (secondary N) is 2. The number of nitrogen functional groups attached to an aromatic ring is 2. The molecule has 2 aromatic rings. The van der Waals surface area contributed by atoms with Gasteiger partial charge in [-0.1, -0.05) is 36.4 Å². The van der Waals surface area contributed by atoms with Gasteiger partial charge < -0.3 is 11.5 Å². The number of hydrogen-bond donors (Lipinski definition) is 4. The van der Waals surface area contributed by atoms with Crippen LogP contribution in [0.1, 0.15) is 11.1 Å². The molecule has 0 atom stereocenters. The van der Waals surface area contributed by atoms with Crippen LogP contribution in [0.15, 0.2) is 36.4 Å². The van der Waals surface area contributed by atoms with Gasteiger partial charge in [0.1, 0.15) is 11.7 Å². The Bertz CT molecular complexity index is 807. The van der Waals surface area contributed by atoms with Gasteiger partial charge in [0.05, 0.1) is 0 Å². The smallest absolute Gasteiger partial charge is 0.123 e. The van der Waals surface area contributed by atoms with Crippen molar-refractivity contribution in [1.82, 2.24) is 0 Å². The highest BCUT2D eigenvalue weighted by molar-refractivity contribution is 5.97. The molecule has 0 saturated heterocycles. The van der Waals surface area contributed by atoms with Crippen LogP contribution >= 0.6 is 0 Å². The molecule has 0 bridgehead atoms. The Morgan fingerprint density at radius 1 is 0.722 bits per heavy atom. The first-order chi connectivity index (χ1) is 8.61. The average Bonchev–Trinajstić information content (AvgIpc) is 2.33. The molecule has 4 nitrogen and oxygen atoms in total. The zero-order valence-electron chi connectivity index (χ0n) is 9.62. The molecule has 1 aliphatic rings. The van der Waals surface area contributed by atoms with Gasteiger partial charge in [-0.2, -0.15) is 0 Å². The van der Waals surface area contributed by atoms with Crippen molar-refractivity contribution in [3.05, 3.63) is 68.4 Å². The maximum atomic E-state index is 7.62. The van der Waals surface area contributed by atoms with Crippen LogP contribution in [0.3, 0.4) is 0 Å². The summed E-state index contributed by atoms with van der Waals surface area (Å²) in [6, 6.07) is 11.4. The topological polar surface area (TPSA) is 99.7 Å². The van der Waals surface area contributed by atoms with E-state index in [9.17, 15) is 0 Å². The van der Waals surface area contributed by atoms with Crippen molar-refractivity contribution in [2.45, 2.75) is 0 Å². The summed E-state index contributed by atoms with van der Waals surface area (Å²) in [5.74, 6) is 0.0757. The van der Waals surface area contributed by atoms with Crippen molar-refractivity contribution < 1.29 is 0 Å². The lowest BCUT2D eigenvalue weighted by atomic mass is 9.93. The molecule has 3 rings (SSSR count). The second-order valence-corrected chi connectivity index (χ2v) is 4.28. The molecule has 0 unspecified atom stereocenters. The summed E-state index contributed by atoms with van der Waals surface area (Å²) in [7, 11) is 0. The summed E-state index contributed by atoms with van der Waals surface area (Å²) in [6.07, 6.45) is 0. The molecule has 0 saturated carbocycles. The number of hydrogen-bond acceptors (Lipinski definition) is 2. The van der Waals surface area contributed by atoms with E-state index in [-0.39, 0.29) is 11.7 Å². The fourth-order valence-corrected chi connectivity index (χ4v) is 2.48. The Labute approximate surface area is 103 Å². The number of nitrogens with two attached hydrogens (primary N) is 2. The molecule has 1 aliphatic carbocycles. The summed E-state index contributed by atoms with van der Waals surface area (Å²) >= 11 is 0. The SMILES string of the molecule is N=C(N)c1cccc2c1=c1c(C(=N)N)cccc1=2. The molecule has 0 aliphatic heterocycles. The molecule has 88 valence electrons. The summed E-state index contributed by atoms with van der Waals surface area (Å²) in [6.45, 7) is 0. The number of benzene rings is 2. The van der Waals surface area contributed by atoms with Crippen molar-refractivity contribution in [2.75, 3.05) is 0 Å². The maximum absolute atomic E-state index is 7.62. The molecule has 6 N–H and O–H groups in total. The van der Waals surface area contributed by atoms with Crippen molar-refractivity contribution in [2.24, 2.45) is 11.5 Å². The minimum absolute atomic E-state index is 0.0378. The standard InChI is InChI=1S/C14H12N4/c15-13(16)9-5-1-3-7-8-4-2-6-10(14(17)18)12(8)11(7)9/h1-6H,(H3,15,16)(H3,17,18). The molecular formula is C14H12N4. The van der Waals surface area contributed by atoms with E-state index in [1.54, 1.807) is 0 Å². The predicted octanol–water partition coefficient (Wildman–Crippen LogP) is 1.14. The quantitative estimate of drug-likeness (QED) is 0.396.